The summed E-state index contributed by atoms with van der Waals surface area (Å²) < 4.78 is 0. The number of carbonyl (C=O) groups excluding carboxylic acids is 1. The van der Waals surface area contributed by atoms with Crippen LogP contribution >= 0.6 is 0 Å². The number of primary amides is 1. The highest BCUT2D eigenvalue weighted by molar-refractivity contribution is 5.73. The molecule has 0 fully saturated rings. The van der Waals surface area contributed by atoms with E-state index in [0.717, 1.165) is 0 Å². The molecule has 5 heteroatoms. The zero-order valence-corrected chi connectivity index (χ0v) is 7.42. The van der Waals surface area contributed by atoms with Gasteiger partial charge in [0.1, 0.15) is 0 Å². The summed E-state index contributed by atoms with van der Waals surface area (Å²) >= 11 is 0. The Hall–Kier alpha value is -0.650. The van der Waals surface area contributed by atoms with Gasteiger partial charge in [0.25, 0.3) is 0 Å². The zero-order chi connectivity index (χ0) is 9.82. The van der Waals surface area contributed by atoms with Crippen LogP contribution in [0.5, 0.6) is 0 Å². The van der Waals surface area contributed by atoms with Crippen molar-refractivity contribution in [3.05, 3.63) is 0 Å². The lowest BCUT2D eigenvalue weighted by Crippen LogP contribution is -2.21. The van der Waals surface area contributed by atoms with Crippen molar-refractivity contribution in [1.82, 2.24) is 5.32 Å². The van der Waals surface area contributed by atoms with Crippen molar-refractivity contribution in [3.8, 4) is 0 Å². The molecule has 0 bridgehead atoms. The van der Waals surface area contributed by atoms with Crippen molar-refractivity contribution in [3.63, 3.8) is 0 Å². The summed E-state index contributed by atoms with van der Waals surface area (Å²) in [4.78, 5) is 9.59. The molecule has 0 rings (SSSR count). The Morgan fingerprint density at radius 2 is 1.67 bits per heavy atom. The van der Waals surface area contributed by atoms with E-state index >= 15 is 0 Å². The third-order valence-electron chi connectivity index (χ3n) is 0.926. The Labute approximate surface area is 72.6 Å². The molecule has 1 amide bonds. The number of aliphatic hydroxyl groups is 2. The van der Waals surface area contributed by atoms with Gasteiger partial charge in [-0.1, -0.05) is 6.92 Å². The molecule has 0 aliphatic carbocycles. The molecular weight excluding hydrogens is 160 g/mol. The van der Waals surface area contributed by atoms with E-state index in [1.165, 1.54) is 0 Å². The molecule has 0 atom stereocenters. The van der Waals surface area contributed by atoms with Crippen LogP contribution in [0.2, 0.25) is 0 Å². The summed E-state index contributed by atoms with van der Waals surface area (Å²) in [5, 5.41) is 19.1. The second kappa shape index (κ2) is 13.0. The van der Waals surface area contributed by atoms with Crippen LogP contribution in [0.4, 0.5) is 0 Å². The summed E-state index contributed by atoms with van der Waals surface area (Å²) in [6.45, 7) is 3.14. The number of hydrogen-bond acceptors (Lipinski definition) is 4. The van der Waals surface area contributed by atoms with Crippen LogP contribution in [-0.4, -0.2) is 42.4 Å². The summed E-state index contributed by atoms with van der Waals surface area (Å²) in [6, 6.07) is 0. The first kappa shape index (κ1) is 13.9. The summed E-state index contributed by atoms with van der Waals surface area (Å²) in [5.41, 5.74) is 4.65. The molecule has 5 nitrogen and oxygen atoms in total. The minimum Gasteiger partial charge on any atom is -0.395 e. The Morgan fingerprint density at radius 3 is 1.83 bits per heavy atom. The van der Waals surface area contributed by atoms with E-state index in [1.54, 1.807) is 6.92 Å². The monoisotopic (exact) mass is 178 g/mol. The van der Waals surface area contributed by atoms with Gasteiger partial charge < -0.3 is 21.3 Å². The number of nitrogens with two attached hydrogens (primary N) is 1. The standard InChI is InChI=1S/C4H11NO2.C3H7NO/c6-3-1-5-2-4-7;1-2-3(4)5/h5-7H,1-4H2;2H2,1H3,(H2,4,5). The van der Waals surface area contributed by atoms with E-state index < -0.39 is 0 Å². The third-order valence-corrected chi connectivity index (χ3v) is 0.926. The maximum atomic E-state index is 9.59. The number of nitrogens with one attached hydrogen (secondary N) is 1. The molecule has 12 heavy (non-hydrogen) atoms. The topological polar surface area (TPSA) is 95.6 Å². The second-order valence-corrected chi connectivity index (χ2v) is 2.02. The normalized spacial score (nSPS) is 8.58. The highest BCUT2D eigenvalue weighted by atomic mass is 16.3. The maximum Gasteiger partial charge on any atom is 0.217 e. The number of hydrogen-bond donors (Lipinski definition) is 4. The van der Waals surface area contributed by atoms with Crippen LogP contribution in [0.15, 0.2) is 0 Å². The first-order valence-electron chi connectivity index (χ1n) is 3.89. The molecule has 0 aromatic carbocycles. The first-order chi connectivity index (χ1) is 5.68. The highest BCUT2D eigenvalue weighted by Gasteiger charge is 1.78. The lowest BCUT2D eigenvalue weighted by Gasteiger charge is -1.94. The van der Waals surface area contributed by atoms with E-state index in [-0.39, 0.29) is 19.1 Å². The Balaban J connectivity index is 0. The Kier molecular flexibility index (Phi) is 15.0. The average molecular weight is 178 g/mol. The molecular formula is C7H18N2O3. The predicted octanol–water partition coefficient (Wildman–Crippen LogP) is -1.56. The van der Waals surface area contributed by atoms with Gasteiger partial charge in [-0.25, -0.2) is 0 Å². The molecule has 0 aliphatic heterocycles. The molecule has 0 aromatic heterocycles. The predicted molar refractivity (Wildman–Crippen MR) is 46.5 cm³/mol. The van der Waals surface area contributed by atoms with Gasteiger partial charge in [0, 0.05) is 19.5 Å². The van der Waals surface area contributed by atoms with Gasteiger partial charge in [0.2, 0.25) is 5.91 Å². The Morgan fingerprint density at radius 1 is 1.33 bits per heavy atom. The highest BCUT2D eigenvalue weighted by Crippen LogP contribution is 1.63. The van der Waals surface area contributed by atoms with Crippen molar-refractivity contribution >= 4 is 5.91 Å². The second-order valence-electron chi connectivity index (χ2n) is 2.02. The molecule has 0 saturated carbocycles. The minimum atomic E-state index is -0.245. The smallest absolute Gasteiger partial charge is 0.217 e. The molecule has 0 aliphatic rings. The van der Waals surface area contributed by atoms with Crippen molar-refractivity contribution in [2.45, 2.75) is 13.3 Å². The number of amides is 1. The van der Waals surface area contributed by atoms with Gasteiger partial charge in [-0.2, -0.15) is 0 Å². The molecule has 0 aromatic rings. The maximum absolute atomic E-state index is 9.59. The van der Waals surface area contributed by atoms with Gasteiger partial charge in [-0.05, 0) is 0 Å². The van der Waals surface area contributed by atoms with Crippen LogP contribution < -0.4 is 11.1 Å². The summed E-state index contributed by atoms with van der Waals surface area (Å²) in [6.07, 6.45) is 0.444. The van der Waals surface area contributed by atoms with Crippen LogP contribution in [0.25, 0.3) is 0 Å². The van der Waals surface area contributed by atoms with Crippen molar-refractivity contribution in [1.29, 1.82) is 0 Å². The molecule has 0 radical (unpaired) electrons. The van der Waals surface area contributed by atoms with Crippen molar-refractivity contribution in [2.75, 3.05) is 26.3 Å². The lowest BCUT2D eigenvalue weighted by atomic mass is 10.5. The molecule has 0 unspecified atom stereocenters. The van der Waals surface area contributed by atoms with Gasteiger partial charge in [-0.15, -0.1) is 0 Å². The largest absolute Gasteiger partial charge is 0.395 e. The van der Waals surface area contributed by atoms with Gasteiger partial charge in [-0.3, -0.25) is 4.79 Å². The van der Waals surface area contributed by atoms with Crippen LogP contribution in [0.3, 0.4) is 0 Å². The van der Waals surface area contributed by atoms with Crippen molar-refractivity contribution in [2.24, 2.45) is 5.73 Å². The molecule has 0 heterocycles. The van der Waals surface area contributed by atoms with E-state index in [1.807, 2.05) is 0 Å². The SMILES string of the molecule is CCC(N)=O.OCCNCCO. The molecule has 74 valence electrons. The molecule has 0 saturated heterocycles. The lowest BCUT2D eigenvalue weighted by molar-refractivity contribution is -0.117. The first-order valence-corrected chi connectivity index (χ1v) is 3.89. The van der Waals surface area contributed by atoms with Crippen LogP contribution in [0, 0.1) is 0 Å². The van der Waals surface area contributed by atoms with E-state index in [4.69, 9.17) is 10.2 Å². The molecule has 0 spiro atoms. The van der Waals surface area contributed by atoms with E-state index in [0.29, 0.717) is 19.5 Å². The third kappa shape index (κ3) is 22.8. The van der Waals surface area contributed by atoms with Crippen LogP contribution in [-0.2, 0) is 4.79 Å². The fourth-order valence-corrected chi connectivity index (χ4v) is 0.283. The zero-order valence-electron chi connectivity index (χ0n) is 7.42. The number of aliphatic hydroxyl groups excluding tert-OH is 2. The average Bonchev–Trinajstić information content (AvgIpc) is 2.07. The number of rotatable bonds is 5. The van der Waals surface area contributed by atoms with Gasteiger partial charge in [0.05, 0.1) is 13.2 Å². The van der Waals surface area contributed by atoms with Gasteiger partial charge in [0.15, 0.2) is 0 Å². The van der Waals surface area contributed by atoms with Gasteiger partial charge >= 0.3 is 0 Å². The number of carbonyl (C=O) groups is 1. The fourth-order valence-electron chi connectivity index (χ4n) is 0.283. The minimum absolute atomic E-state index is 0.139. The van der Waals surface area contributed by atoms with Crippen molar-refractivity contribution < 1.29 is 15.0 Å². The summed E-state index contributed by atoms with van der Waals surface area (Å²) in [7, 11) is 0. The van der Waals surface area contributed by atoms with E-state index in [9.17, 15) is 4.79 Å². The van der Waals surface area contributed by atoms with Crippen LogP contribution in [0.1, 0.15) is 13.3 Å². The fraction of sp³-hybridized carbons (Fsp3) is 0.857. The summed E-state index contributed by atoms with van der Waals surface area (Å²) in [5.74, 6) is -0.245. The quantitative estimate of drug-likeness (QED) is 0.383. The Bertz CT molecular complexity index is 94.7. The molecule has 5 N–H and O–H groups in total. The van der Waals surface area contributed by atoms with E-state index in [2.05, 4.69) is 11.1 Å².